The van der Waals surface area contributed by atoms with Crippen LogP contribution in [-0.2, 0) is 16.1 Å². The van der Waals surface area contributed by atoms with E-state index in [1.54, 1.807) is 39.8 Å². The number of benzene rings is 1. The molecule has 0 bridgehead atoms. The normalized spacial score (nSPS) is 18.0. The Morgan fingerprint density at radius 3 is 2.41 bits per heavy atom. The second kappa shape index (κ2) is 15.6. The number of rotatable bonds is 7. The van der Waals surface area contributed by atoms with Crippen molar-refractivity contribution in [2.24, 2.45) is 5.92 Å². The second-order valence-electron chi connectivity index (χ2n) is 11.4. The molecule has 1 aliphatic heterocycles. The number of hydrogen-bond donors (Lipinski definition) is 2. The predicted molar refractivity (Wildman–Crippen MR) is 177 cm³/mol. The highest BCUT2D eigenvalue weighted by atomic mass is 32.2. The Balaban J connectivity index is 1.48. The van der Waals surface area contributed by atoms with Gasteiger partial charge in [0.15, 0.2) is 17.5 Å². The summed E-state index contributed by atoms with van der Waals surface area (Å²) in [6.45, 7) is 4.97. The largest absolute Gasteiger partial charge is 0.344 e. The first-order valence-electron chi connectivity index (χ1n) is 15.4. The van der Waals surface area contributed by atoms with Crippen molar-refractivity contribution in [1.82, 2.24) is 45.2 Å². The van der Waals surface area contributed by atoms with E-state index < -0.39 is 12.1 Å². The Bertz CT molecular complexity index is 1610. The highest BCUT2D eigenvalue weighted by molar-refractivity contribution is 7.98. The lowest BCUT2D eigenvalue weighted by Crippen LogP contribution is -2.49. The zero-order valence-corrected chi connectivity index (χ0v) is 27.1. The van der Waals surface area contributed by atoms with E-state index in [1.165, 1.54) is 12.4 Å². The first-order chi connectivity index (χ1) is 22.3. The van der Waals surface area contributed by atoms with Crippen LogP contribution in [0.2, 0.25) is 0 Å². The molecular weight excluding hydrogens is 602 g/mol. The van der Waals surface area contributed by atoms with Crippen LogP contribution in [0, 0.1) is 5.92 Å². The number of nitrogens with zero attached hydrogens (tertiary/aromatic N) is 7. The van der Waals surface area contributed by atoms with Gasteiger partial charge in [-0.25, -0.2) is 19.6 Å². The fourth-order valence-electron chi connectivity index (χ4n) is 5.24. The topological polar surface area (TPSA) is 148 Å². The van der Waals surface area contributed by atoms with Gasteiger partial charge in [-0.2, -0.15) is 16.9 Å². The molecule has 46 heavy (non-hydrogen) atoms. The molecule has 1 aliphatic rings. The number of amides is 3. The number of pyridine rings is 1. The van der Waals surface area contributed by atoms with Gasteiger partial charge in [-0.3, -0.25) is 19.4 Å². The third-order valence-corrected chi connectivity index (χ3v) is 8.40. The van der Waals surface area contributed by atoms with Crippen molar-refractivity contribution >= 4 is 29.5 Å². The first kappa shape index (κ1) is 32.7. The number of nitrogens with one attached hydrogen (secondary N) is 2. The lowest BCUT2D eigenvalue weighted by Gasteiger charge is -2.28. The van der Waals surface area contributed by atoms with E-state index in [2.05, 4.69) is 25.6 Å². The molecular formula is C33H39N9O3S. The maximum absolute atomic E-state index is 13.8. The van der Waals surface area contributed by atoms with Crippen LogP contribution in [0.15, 0.2) is 67.3 Å². The second-order valence-corrected chi connectivity index (χ2v) is 12.4. The summed E-state index contributed by atoms with van der Waals surface area (Å²) in [5.41, 5.74) is 1.94. The average molecular weight is 642 g/mol. The molecule has 13 heteroatoms. The number of carbonyl (C=O) groups excluding carboxylic acids is 3. The molecule has 240 valence electrons. The van der Waals surface area contributed by atoms with E-state index in [0.717, 1.165) is 11.1 Å². The lowest BCUT2D eigenvalue weighted by atomic mass is 10.0. The van der Waals surface area contributed by atoms with Crippen LogP contribution in [0.4, 0.5) is 0 Å². The van der Waals surface area contributed by atoms with Crippen molar-refractivity contribution in [3.8, 4) is 22.8 Å². The van der Waals surface area contributed by atoms with Gasteiger partial charge < -0.3 is 15.5 Å². The van der Waals surface area contributed by atoms with Gasteiger partial charge in [0.2, 0.25) is 11.8 Å². The van der Waals surface area contributed by atoms with Crippen LogP contribution in [0.3, 0.4) is 0 Å². The average Bonchev–Trinajstić information content (AvgIpc) is 3.50. The van der Waals surface area contributed by atoms with Crippen molar-refractivity contribution in [2.45, 2.75) is 51.7 Å². The van der Waals surface area contributed by atoms with Crippen molar-refractivity contribution < 1.29 is 14.4 Å². The number of carbonyl (C=O) groups is 3. The number of hydrogen-bond acceptors (Lipinski definition) is 9. The highest BCUT2D eigenvalue weighted by Crippen LogP contribution is 2.25. The molecule has 0 saturated heterocycles. The molecule has 0 fully saturated rings. The van der Waals surface area contributed by atoms with E-state index >= 15 is 0 Å². The van der Waals surface area contributed by atoms with Crippen LogP contribution < -0.4 is 10.6 Å². The molecule has 5 rings (SSSR count). The summed E-state index contributed by atoms with van der Waals surface area (Å²) in [7, 11) is 0. The smallest absolute Gasteiger partial charge is 0.257 e. The van der Waals surface area contributed by atoms with Crippen molar-refractivity contribution in [3.63, 3.8) is 0 Å². The monoisotopic (exact) mass is 641 g/mol. The van der Waals surface area contributed by atoms with E-state index in [9.17, 15) is 14.4 Å². The minimum atomic E-state index is -0.692. The molecule has 1 aromatic carbocycles. The fourth-order valence-corrected chi connectivity index (χ4v) is 5.71. The zero-order chi connectivity index (χ0) is 32.5. The highest BCUT2D eigenvalue weighted by Gasteiger charge is 2.30. The molecule has 4 aromatic rings. The van der Waals surface area contributed by atoms with Gasteiger partial charge in [0.05, 0.1) is 18.2 Å². The van der Waals surface area contributed by atoms with Gasteiger partial charge in [-0.15, -0.1) is 0 Å². The van der Waals surface area contributed by atoms with Crippen LogP contribution in [0.25, 0.3) is 22.8 Å². The van der Waals surface area contributed by atoms with Gasteiger partial charge in [0.1, 0.15) is 6.04 Å². The van der Waals surface area contributed by atoms with Gasteiger partial charge >= 0.3 is 0 Å². The van der Waals surface area contributed by atoms with Crippen molar-refractivity contribution in [3.05, 3.63) is 78.6 Å². The van der Waals surface area contributed by atoms with E-state index in [-0.39, 0.29) is 30.1 Å². The Hall–Kier alpha value is -4.65. The molecule has 4 heterocycles. The fraction of sp³-hybridized carbons (Fsp3) is 0.394. The van der Waals surface area contributed by atoms with E-state index in [1.807, 2.05) is 56.5 Å². The van der Waals surface area contributed by atoms with Crippen LogP contribution in [0.5, 0.6) is 0 Å². The quantitative estimate of drug-likeness (QED) is 0.308. The Morgan fingerprint density at radius 1 is 0.957 bits per heavy atom. The first-order valence-corrected chi connectivity index (χ1v) is 16.8. The molecule has 0 unspecified atom stereocenters. The molecule has 2 atom stereocenters. The maximum Gasteiger partial charge on any atom is 0.257 e. The van der Waals surface area contributed by atoms with Crippen LogP contribution >= 0.6 is 11.8 Å². The Kier molecular flexibility index (Phi) is 11.1. The standard InChI is InChI=1S/C33H39N9O3S/c1-22(2)28-31-39-30(23-9-5-4-6-10-23)40-42(31)17-16-41(15-8-12-27(43)37-26(13-18-46-3)32(44)38-28)33(45)25-20-35-29(36-21-25)24-11-7-14-34-19-24/h4-7,9-11,14,19-22,26,28H,8,12-13,15-18H2,1-3H3,(H,37,43)(H,38,44)/t26-,28+/m0/s1. The van der Waals surface area contributed by atoms with Gasteiger partial charge in [-0.1, -0.05) is 44.2 Å². The molecule has 0 aliphatic carbocycles. The van der Waals surface area contributed by atoms with Crippen molar-refractivity contribution in [1.29, 1.82) is 0 Å². The molecule has 12 nitrogen and oxygen atoms in total. The number of fused-ring (bicyclic) bond motifs is 1. The number of aromatic nitrogens is 6. The maximum atomic E-state index is 13.8. The van der Waals surface area contributed by atoms with Crippen LogP contribution in [0.1, 0.15) is 55.3 Å². The minimum absolute atomic E-state index is 0.0338. The minimum Gasteiger partial charge on any atom is -0.344 e. The molecule has 0 radical (unpaired) electrons. The Labute approximate surface area is 272 Å². The lowest BCUT2D eigenvalue weighted by molar-refractivity contribution is -0.129. The summed E-state index contributed by atoms with van der Waals surface area (Å²) in [6.07, 6.45) is 9.42. The number of thioether (sulfide) groups is 1. The third kappa shape index (κ3) is 8.13. The van der Waals surface area contributed by atoms with Crippen molar-refractivity contribution in [2.75, 3.05) is 25.1 Å². The van der Waals surface area contributed by atoms with E-state index in [0.29, 0.717) is 61.3 Å². The molecule has 3 aromatic heterocycles. The Morgan fingerprint density at radius 2 is 1.72 bits per heavy atom. The van der Waals surface area contributed by atoms with Gasteiger partial charge in [0.25, 0.3) is 5.91 Å². The zero-order valence-electron chi connectivity index (χ0n) is 26.3. The SMILES string of the molecule is CSCC[C@@H]1NC(=O)CCCN(C(=O)c2cnc(-c3cccnc3)nc2)CCn2nc(-c3ccccc3)nc2[C@@H](C(C)C)NC1=O. The summed E-state index contributed by atoms with van der Waals surface area (Å²) < 4.78 is 1.79. The molecule has 2 N–H and O–H groups in total. The predicted octanol–water partition coefficient (Wildman–Crippen LogP) is 3.78. The molecule has 0 spiro atoms. The summed E-state index contributed by atoms with van der Waals surface area (Å²) in [5.74, 6) is 1.54. The summed E-state index contributed by atoms with van der Waals surface area (Å²) in [4.78, 5) is 60.0. The summed E-state index contributed by atoms with van der Waals surface area (Å²) >= 11 is 1.62. The molecule has 0 saturated carbocycles. The van der Waals surface area contributed by atoms with Crippen LogP contribution in [-0.4, -0.2) is 83.5 Å². The molecule has 3 amide bonds. The summed E-state index contributed by atoms with van der Waals surface area (Å²) in [5, 5.41) is 10.9. The van der Waals surface area contributed by atoms with E-state index in [4.69, 9.17) is 10.1 Å². The van der Waals surface area contributed by atoms with Gasteiger partial charge in [0, 0.05) is 55.4 Å². The third-order valence-electron chi connectivity index (χ3n) is 7.76. The van der Waals surface area contributed by atoms with Gasteiger partial charge in [-0.05, 0) is 42.9 Å². The summed E-state index contributed by atoms with van der Waals surface area (Å²) in [6, 6.07) is 12.1.